The van der Waals surface area contributed by atoms with Crippen molar-refractivity contribution in [1.82, 2.24) is 0 Å². The molecule has 76 valence electrons. The fourth-order valence-corrected chi connectivity index (χ4v) is 2.23. The standard InChI is InChI=1S/C10H12O4/c11-9(12)7-3-1-2-6-4-5-14-10(13)8(6)7/h1-2,6-8H,3-5H2,(H,11,12)/t6-,7-,8+/m1/s1. The SMILES string of the molecule is O=C1OCC[C@H]2C=CC[C@@H](C(=O)O)[C@@H]12. The molecule has 2 aliphatic rings. The molecule has 0 amide bonds. The number of fused-ring (bicyclic) bond motifs is 1. The molecule has 0 radical (unpaired) electrons. The third-order valence-corrected chi connectivity index (χ3v) is 2.95. The zero-order valence-electron chi connectivity index (χ0n) is 7.68. The van der Waals surface area contributed by atoms with Gasteiger partial charge in [-0.05, 0) is 18.8 Å². The second kappa shape index (κ2) is 3.44. The Morgan fingerprint density at radius 2 is 2.36 bits per heavy atom. The number of cyclic esters (lactones) is 1. The summed E-state index contributed by atoms with van der Waals surface area (Å²) < 4.78 is 4.89. The van der Waals surface area contributed by atoms with Gasteiger partial charge in [-0.15, -0.1) is 0 Å². The van der Waals surface area contributed by atoms with E-state index in [9.17, 15) is 9.59 Å². The van der Waals surface area contributed by atoms with Gasteiger partial charge in [0.2, 0.25) is 0 Å². The summed E-state index contributed by atoms with van der Waals surface area (Å²) in [7, 11) is 0. The molecule has 1 aliphatic heterocycles. The number of carbonyl (C=O) groups is 2. The summed E-state index contributed by atoms with van der Waals surface area (Å²) >= 11 is 0. The van der Waals surface area contributed by atoms with Gasteiger partial charge in [0, 0.05) is 0 Å². The lowest BCUT2D eigenvalue weighted by Gasteiger charge is -2.34. The Labute approximate surface area is 81.6 Å². The molecule has 0 spiro atoms. The second-order valence-electron chi connectivity index (χ2n) is 3.75. The molecular formula is C10H12O4. The Morgan fingerprint density at radius 1 is 1.57 bits per heavy atom. The van der Waals surface area contributed by atoms with E-state index in [-0.39, 0.29) is 11.9 Å². The van der Waals surface area contributed by atoms with Crippen LogP contribution in [0.2, 0.25) is 0 Å². The van der Waals surface area contributed by atoms with Gasteiger partial charge >= 0.3 is 11.9 Å². The van der Waals surface area contributed by atoms with Crippen LogP contribution in [-0.2, 0) is 14.3 Å². The van der Waals surface area contributed by atoms with Gasteiger partial charge in [0.25, 0.3) is 0 Å². The molecule has 4 nitrogen and oxygen atoms in total. The van der Waals surface area contributed by atoms with Crippen LogP contribution in [0.25, 0.3) is 0 Å². The van der Waals surface area contributed by atoms with Gasteiger partial charge in [0.15, 0.2) is 0 Å². The molecule has 14 heavy (non-hydrogen) atoms. The van der Waals surface area contributed by atoms with Gasteiger partial charge in [0.1, 0.15) is 0 Å². The highest BCUT2D eigenvalue weighted by Crippen LogP contribution is 2.36. The Bertz CT molecular complexity index is 294. The topological polar surface area (TPSA) is 63.6 Å². The third-order valence-electron chi connectivity index (χ3n) is 2.95. The first kappa shape index (κ1) is 9.24. The van der Waals surface area contributed by atoms with Crippen molar-refractivity contribution in [1.29, 1.82) is 0 Å². The average molecular weight is 196 g/mol. The summed E-state index contributed by atoms with van der Waals surface area (Å²) in [5.41, 5.74) is 0. The van der Waals surface area contributed by atoms with Gasteiger partial charge in [0.05, 0.1) is 18.4 Å². The van der Waals surface area contributed by atoms with E-state index in [0.717, 1.165) is 6.42 Å². The molecule has 4 heteroatoms. The predicted molar refractivity (Wildman–Crippen MR) is 47.4 cm³/mol. The molecule has 1 fully saturated rings. The minimum Gasteiger partial charge on any atom is -0.481 e. The van der Waals surface area contributed by atoms with Crippen LogP contribution < -0.4 is 0 Å². The van der Waals surface area contributed by atoms with Crippen molar-refractivity contribution in [2.24, 2.45) is 17.8 Å². The molecule has 2 rings (SSSR count). The van der Waals surface area contributed by atoms with E-state index in [1.807, 2.05) is 12.2 Å². The van der Waals surface area contributed by atoms with E-state index in [1.54, 1.807) is 0 Å². The van der Waals surface area contributed by atoms with E-state index in [0.29, 0.717) is 13.0 Å². The Kier molecular flexibility index (Phi) is 2.27. The number of rotatable bonds is 1. The van der Waals surface area contributed by atoms with Gasteiger partial charge in [-0.3, -0.25) is 9.59 Å². The van der Waals surface area contributed by atoms with Crippen LogP contribution in [0.15, 0.2) is 12.2 Å². The number of allylic oxidation sites excluding steroid dienone is 2. The number of esters is 1. The van der Waals surface area contributed by atoms with E-state index < -0.39 is 17.8 Å². The first-order valence-corrected chi connectivity index (χ1v) is 4.76. The summed E-state index contributed by atoms with van der Waals surface area (Å²) in [6.45, 7) is 0.413. The van der Waals surface area contributed by atoms with E-state index in [1.165, 1.54) is 0 Å². The van der Waals surface area contributed by atoms with Gasteiger partial charge in [-0.1, -0.05) is 12.2 Å². The molecule has 0 aromatic heterocycles. The lowest BCUT2D eigenvalue weighted by molar-refractivity contribution is -0.165. The van der Waals surface area contributed by atoms with Crippen LogP contribution in [-0.4, -0.2) is 23.7 Å². The predicted octanol–water partition coefficient (Wildman–Crippen LogP) is 0.826. The number of hydrogen-bond donors (Lipinski definition) is 1. The average Bonchev–Trinajstić information content (AvgIpc) is 2.17. The maximum atomic E-state index is 11.4. The van der Waals surface area contributed by atoms with Gasteiger partial charge in [-0.2, -0.15) is 0 Å². The first-order chi connectivity index (χ1) is 6.70. The largest absolute Gasteiger partial charge is 0.481 e. The van der Waals surface area contributed by atoms with Crippen molar-refractivity contribution in [3.8, 4) is 0 Å². The normalized spacial score (nSPS) is 36.0. The van der Waals surface area contributed by atoms with Gasteiger partial charge in [-0.25, -0.2) is 0 Å². The Balaban J connectivity index is 2.25. The van der Waals surface area contributed by atoms with Crippen molar-refractivity contribution >= 4 is 11.9 Å². The maximum Gasteiger partial charge on any atom is 0.310 e. The first-order valence-electron chi connectivity index (χ1n) is 4.76. The summed E-state index contributed by atoms with van der Waals surface area (Å²) in [5, 5.41) is 8.95. The summed E-state index contributed by atoms with van der Waals surface area (Å²) in [6.07, 6.45) is 4.99. The zero-order valence-corrected chi connectivity index (χ0v) is 7.68. The lowest BCUT2D eigenvalue weighted by atomic mass is 9.73. The van der Waals surface area contributed by atoms with Crippen molar-refractivity contribution in [3.63, 3.8) is 0 Å². The van der Waals surface area contributed by atoms with E-state index in [2.05, 4.69) is 0 Å². The van der Waals surface area contributed by atoms with Gasteiger partial charge < -0.3 is 9.84 Å². The number of carbonyl (C=O) groups excluding carboxylic acids is 1. The van der Waals surface area contributed by atoms with Crippen LogP contribution in [0.1, 0.15) is 12.8 Å². The molecule has 1 N–H and O–H groups in total. The molecule has 3 atom stereocenters. The number of carboxylic acids is 1. The Hall–Kier alpha value is -1.32. The molecule has 1 aliphatic carbocycles. The molecule has 0 aromatic rings. The number of carboxylic acid groups (broad SMARTS) is 1. The van der Waals surface area contributed by atoms with Crippen molar-refractivity contribution < 1.29 is 19.4 Å². The second-order valence-corrected chi connectivity index (χ2v) is 3.75. The molecule has 1 saturated heterocycles. The number of aliphatic carboxylic acids is 1. The molecule has 1 heterocycles. The number of hydrogen-bond acceptors (Lipinski definition) is 3. The fraction of sp³-hybridized carbons (Fsp3) is 0.600. The smallest absolute Gasteiger partial charge is 0.310 e. The minimum absolute atomic E-state index is 0.0612. The van der Waals surface area contributed by atoms with Crippen LogP contribution in [0, 0.1) is 17.8 Å². The summed E-state index contributed by atoms with van der Waals surface area (Å²) in [5.74, 6) is -2.25. The zero-order chi connectivity index (χ0) is 10.1. The monoisotopic (exact) mass is 196 g/mol. The molecule has 0 bridgehead atoms. The van der Waals surface area contributed by atoms with Crippen molar-refractivity contribution in [2.75, 3.05) is 6.61 Å². The van der Waals surface area contributed by atoms with E-state index in [4.69, 9.17) is 9.84 Å². The van der Waals surface area contributed by atoms with Crippen LogP contribution in [0.4, 0.5) is 0 Å². The molecule has 0 aromatic carbocycles. The van der Waals surface area contributed by atoms with E-state index >= 15 is 0 Å². The fourth-order valence-electron chi connectivity index (χ4n) is 2.23. The summed E-state index contributed by atoms with van der Waals surface area (Å²) in [4.78, 5) is 22.3. The van der Waals surface area contributed by atoms with Crippen LogP contribution in [0.5, 0.6) is 0 Å². The van der Waals surface area contributed by atoms with Crippen molar-refractivity contribution in [3.05, 3.63) is 12.2 Å². The summed E-state index contributed by atoms with van der Waals surface area (Å²) in [6, 6.07) is 0. The molecule has 0 saturated carbocycles. The quantitative estimate of drug-likeness (QED) is 0.498. The highest BCUT2D eigenvalue weighted by atomic mass is 16.5. The van der Waals surface area contributed by atoms with Crippen LogP contribution >= 0.6 is 0 Å². The highest BCUT2D eigenvalue weighted by Gasteiger charge is 2.43. The minimum atomic E-state index is -0.900. The third kappa shape index (κ3) is 1.41. The number of ether oxygens (including phenoxy) is 1. The lowest BCUT2D eigenvalue weighted by Crippen LogP contribution is -2.41. The highest BCUT2D eigenvalue weighted by molar-refractivity contribution is 5.82. The molecule has 0 unspecified atom stereocenters. The Morgan fingerprint density at radius 3 is 3.07 bits per heavy atom. The van der Waals surface area contributed by atoms with Crippen molar-refractivity contribution in [2.45, 2.75) is 12.8 Å². The molecular weight excluding hydrogens is 184 g/mol. The van der Waals surface area contributed by atoms with Crippen LogP contribution in [0.3, 0.4) is 0 Å². The maximum absolute atomic E-state index is 11.4.